The van der Waals surface area contributed by atoms with E-state index < -0.39 is 5.60 Å². The SMILES string of the molecule is CC1CCCC(O)(CNCC2(CC(N)=NO)CC2)C1. The molecule has 0 radical (unpaired) electrons. The van der Waals surface area contributed by atoms with Crippen LogP contribution in [-0.2, 0) is 0 Å². The van der Waals surface area contributed by atoms with Crippen molar-refractivity contribution in [2.24, 2.45) is 22.2 Å². The first-order valence-corrected chi connectivity index (χ1v) is 7.37. The summed E-state index contributed by atoms with van der Waals surface area (Å²) in [4.78, 5) is 0. The molecule has 0 bridgehead atoms. The van der Waals surface area contributed by atoms with Crippen molar-refractivity contribution in [2.75, 3.05) is 13.1 Å². The molecule has 5 nitrogen and oxygen atoms in total. The number of aliphatic hydroxyl groups is 1. The average molecular weight is 269 g/mol. The van der Waals surface area contributed by atoms with E-state index in [0.717, 1.165) is 38.6 Å². The first kappa shape index (κ1) is 14.6. The van der Waals surface area contributed by atoms with Crippen LogP contribution in [0.5, 0.6) is 0 Å². The third-order valence-electron chi connectivity index (χ3n) is 4.66. The predicted molar refractivity (Wildman–Crippen MR) is 75.1 cm³/mol. The molecule has 0 spiro atoms. The van der Waals surface area contributed by atoms with Crippen LogP contribution in [0.15, 0.2) is 5.16 Å². The number of nitrogens with one attached hydrogen (secondary N) is 1. The molecule has 2 fully saturated rings. The van der Waals surface area contributed by atoms with Crippen molar-refractivity contribution < 1.29 is 10.3 Å². The zero-order valence-corrected chi connectivity index (χ0v) is 11.9. The van der Waals surface area contributed by atoms with Gasteiger partial charge in [0, 0.05) is 19.5 Å². The van der Waals surface area contributed by atoms with E-state index in [4.69, 9.17) is 10.9 Å². The molecule has 0 aromatic heterocycles. The second-order valence-corrected chi connectivity index (χ2v) is 6.80. The number of hydrogen-bond donors (Lipinski definition) is 4. The monoisotopic (exact) mass is 269 g/mol. The minimum atomic E-state index is -0.537. The summed E-state index contributed by atoms with van der Waals surface area (Å²) in [5.41, 5.74) is 5.20. The Balaban J connectivity index is 1.74. The molecule has 5 heteroatoms. The van der Waals surface area contributed by atoms with E-state index in [-0.39, 0.29) is 5.41 Å². The zero-order valence-electron chi connectivity index (χ0n) is 11.9. The van der Waals surface area contributed by atoms with Crippen LogP contribution in [0.25, 0.3) is 0 Å². The lowest BCUT2D eigenvalue weighted by Gasteiger charge is -2.36. The molecule has 2 atom stereocenters. The molecule has 0 aromatic carbocycles. The molecular formula is C14H27N3O2. The molecule has 0 heterocycles. The minimum Gasteiger partial charge on any atom is -0.409 e. The van der Waals surface area contributed by atoms with E-state index in [0.29, 0.717) is 24.7 Å². The van der Waals surface area contributed by atoms with Gasteiger partial charge in [-0.2, -0.15) is 0 Å². The van der Waals surface area contributed by atoms with Crippen molar-refractivity contribution >= 4 is 5.84 Å². The summed E-state index contributed by atoms with van der Waals surface area (Å²) in [5.74, 6) is 0.928. The van der Waals surface area contributed by atoms with E-state index in [9.17, 15) is 5.11 Å². The lowest BCUT2D eigenvalue weighted by atomic mass is 9.79. The van der Waals surface area contributed by atoms with Gasteiger partial charge in [0.25, 0.3) is 0 Å². The van der Waals surface area contributed by atoms with E-state index in [2.05, 4.69) is 17.4 Å². The first-order chi connectivity index (χ1) is 8.97. The topological polar surface area (TPSA) is 90.9 Å². The van der Waals surface area contributed by atoms with E-state index >= 15 is 0 Å². The normalized spacial score (nSPS) is 34.2. The van der Waals surface area contributed by atoms with Gasteiger partial charge in [0.15, 0.2) is 0 Å². The first-order valence-electron chi connectivity index (χ1n) is 7.37. The predicted octanol–water partition coefficient (Wildman–Crippen LogP) is 1.43. The number of nitrogens with two attached hydrogens (primary N) is 1. The highest BCUT2D eigenvalue weighted by Crippen LogP contribution is 2.48. The quantitative estimate of drug-likeness (QED) is 0.254. The van der Waals surface area contributed by atoms with Crippen LogP contribution >= 0.6 is 0 Å². The van der Waals surface area contributed by atoms with Gasteiger partial charge >= 0.3 is 0 Å². The van der Waals surface area contributed by atoms with Gasteiger partial charge in [-0.15, -0.1) is 0 Å². The maximum Gasteiger partial charge on any atom is 0.139 e. The molecule has 0 amide bonds. The van der Waals surface area contributed by atoms with Gasteiger partial charge in [-0.05, 0) is 37.0 Å². The van der Waals surface area contributed by atoms with Crippen molar-refractivity contribution in [1.29, 1.82) is 0 Å². The Labute approximate surface area is 115 Å². The van der Waals surface area contributed by atoms with Crippen LogP contribution in [0.2, 0.25) is 0 Å². The summed E-state index contributed by atoms with van der Waals surface area (Å²) in [7, 11) is 0. The van der Waals surface area contributed by atoms with Crippen LogP contribution in [0, 0.1) is 11.3 Å². The smallest absolute Gasteiger partial charge is 0.139 e. The molecule has 2 unspecified atom stereocenters. The number of rotatable bonds is 6. The highest BCUT2D eigenvalue weighted by molar-refractivity contribution is 5.80. The molecule has 2 saturated carbocycles. The van der Waals surface area contributed by atoms with Crippen molar-refractivity contribution in [2.45, 2.75) is 57.5 Å². The van der Waals surface area contributed by atoms with Crippen molar-refractivity contribution in [3.8, 4) is 0 Å². The molecular weight excluding hydrogens is 242 g/mol. The highest BCUT2D eigenvalue weighted by Gasteiger charge is 2.43. The Morgan fingerprint density at radius 3 is 2.68 bits per heavy atom. The lowest BCUT2D eigenvalue weighted by Crippen LogP contribution is -2.45. The molecule has 0 saturated heterocycles. The number of hydrogen-bond acceptors (Lipinski definition) is 4. The molecule has 2 aliphatic carbocycles. The molecule has 2 rings (SSSR count). The summed E-state index contributed by atoms with van der Waals surface area (Å²) in [6, 6.07) is 0. The van der Waals surface area contributed by atoms with E-state index in [1.165, 1.54) is 6.42 Å². The fourth-order valence-corrected chi connectivity index (χ4v) is 3.37. The fourth-order valence-electron chi connectivity index (χ4n) is 3.37. The Kier molecular flexibility index (Phi) is 4.36. The summed E-state index contributed by atoms with van der Waals surface area (Å²) in [5, 5.41) is 25.6. The van der Waals surface area contributed by atoms with Gasteiger partial charge in [-0.1, -0.05) is 24.9 Å². The third kappa shape index (κ3) is 4.08. The van der Waals surface area contributed by atoms with Gasteiger partial charge in [-0.25, -0.2) is 0 Å². The van der Waals surface area contributed by atoms with Crippen LogP contribution in [0.1, 0.15) is 51.9 Å². The Morgan fingerprint density at radius 1 is 1.37 bits per heavy atom. The van der Waals surface area contributed by atoms with E-state index in [1.54, 1.807) is 0 Å². The van der Waals surface area contributed by atoms with Gasteiger partial charge in [-0.3, -0.25) is 0 Å². The fraction of sp³-hybridized carbons (Fsp3) is 0.929. The Hall–Kier alpha value is -0.810. The van der Waals surface area contributed by atoms with Crippen molar-refractivity contribution in [3.63, 3.8) is 0 Å². The Bertz CT molecular complexity index is 342. The summed E-state index contributed by atoms with van der Waals surface area (Å²) >= 11 is 0. The number of amidine groups is 1. The van der Waals surface area contributed by atoms with Gasteiger partial charge in [0.05, 0.1) is 5.60 Å². The lowest BCUT2D eigenvalue weighted by molar-refractivity contribution is -0.0123. The Morgan fingerprint density at radius 2 is 2.11 bits per heavy atom. The second kappa shape index (κ2) is 5.67. The van der Waals surface area contributed by atoms with Crippen LogP contribution < -0.4 is 11.1 Å². The summed E-state index contributed by atoms with van der Waals surface area (Å²) in [6.07, 6.45) is 7.02. The molecule has 110 valence electrons. The maximum atomic E-state index is 10.5. The standard InChI is InChI=1S/C14H27N3O2/c1-11-3-2-4-14(18,7-11)10-16-9-13(5-6-13)8-12(15)17-19/h11,16,18-19H,2-10H2,1H3,(H2,15,17). The van der Waals surface area contributed by atoms with E-state index in [1.807, 2.05) is 0 Å². The molecule has 19 heavy (non-hydrogen) atoms. The number of nitrogens with zero attached hydrogens (tertiary/aromatic N) is 1. The van der Waals surface area contributed by atoms with Crippen molar-refractivity contribution in [1.82, 2.24) is 5.32 Å². The molecule has 2 aliphatic rings. The number of oxime groups is 1. The molecule has 0 aromatic rings. The second-order valence-electron chi connectivity index (χ2n) is 6.80. The van der Waals surface area contributed by atoms with Gasteiger partial charge in [0.2, 0.25) is 0 Å². The zero-order chi connectivity index (χ0) is 13.9. The average Bonchev–Trinajstić information content (AvgIpc) is 3.08. The van der Waals surface area contributed by atoms with Crippen LogP contribution in [0.3, 0.4) is 0 Å². The van der Waals surface area contributed by atoms with Gasteiger partial charge in [0.1, 0.15) is 5.84 Å². The largest absolute Gasteiger partial charge is 0.409 e. The third-order valence-corrected chi connectivity index (χ3v) is 4.66. The minimum absolute atomic E-state index is 0.160. The summed E-state index contributed by atoms with van der Waals surface area (Å²) in [6.45, 7) is 3.72. The van der Waals surface area contributed by atoms with Gasteiger partial charge < -0.3 is 21.4 Å². The van der Waals surface area contributed by atoms with Crippen molar-refractivity contribution in [3.05, 3.63) is 0 Å². The van der Waals surface area contributed by atoms with Crippen LogP contribution in [0.4, 0.5) is 0 Å². The maximum absolute atomic E-state index is 10.5. The highest BCUT2D eigenvalue weighted by atomic mass is 16.4. The molecule has 0 aliphatic heterocycles. The van der Waals surface area contributed by atoms with Crippen LogP contribution in [-0.4, -0.2) is 34.8 Å². The molecule has 5 N–H and O–H groups in total. The summed E-state index contributed by atoms with van der Waals surface area (Å²) < 4.78 is 0.